The standard InChI is InChI=1S/C17H14Cl2N2O/c1-2-22-14-6-4-13(5-7-14)21-17(9-10-20-21)12-3-8-15(18)16(19)11-12/h3-11H,2H2,1H3. The van der Waals surface area contributed by atoms with Gasteiger partial charge < -0.3 is 4.74 Å². The van der Waals surface area contributed by atoms with Crippen LogP contribution in [0.1, 0.15) is 6.92 Å². The van der Waals surface area contributed by atoms with Gasteiger partial charge in [0, 0.05) is 5.56 Å². The van der Waals surface area contributed by atoms with Crippen molar-refractivity contribution in [2.45, 2.75) is 6.92 Å². The highest BCUT2D eigenvalue weighted by Gasteiger charge is 2.09. The first-order valence-corrected chi connectivity index (χ1v) is 7.67. The molecule has 22 heavy (non-hydrogen) atoms. The second kappa shape index (κ2) is 6.42. The SMILES string of the molecule is CCOc1ccc(-n2nccc2-c2ccc(Cl)c(Cl)c2)cc1. The van der Waals surface area contributed by atoms with Crippen molar-refractivity contribution in [2.75, 3.05) is 6.61 Å². The van der Waals surface area contributed by atoms with E-state index in [0.717, 1.165) is 22.7 Å². The number of rotatable bonds is 4. The maximum absolute atomic E-state index is 6.11. The van der Waals surface area contributed by atoms with E-state index in [-0.39, 0.29) is 0 Å². The van der Waals surface area contributed by atoms with Crippen LogP contribution in [0.15, 0.2) is 54.7 Å². The summed E-state index contributed by atoms with van der Waals surface area (Å²) in [5.74, 6) is 0.842. The molecule has 0 fully saturated rings. The molecule has 1 heterocycles. The summed E-state index contributed by atoms with van der Waals surface area (Å²) >= 11 is 12.1. The third-order valence-electron chi connectivity index (χ3n) is 3.25. The summed E-state index contributed by atoms with van der Waals surface area (Å²) < 4.78 is 7.32. The van der Waals surface area contributed by atoms with Gasteiger partial charge >= 0.3 is 0 Å². The van der Waals surface area contributed by atoms with Gasteiger partial charge in [0.15, 0.2) is 0 Å². The molecule has 0 unspecified atom stereocenters. The van der Waals surface area contributed by atoms with Gasteiger partial charge in [-0.15, -0.1) is 0 Å². The van der Waals surface area contributed by atoms with Crippen molar-refractivity contribution in [3.63, 3.8) is 0 Å². The molecule has 0 aliphatic rings. The lowest BCUT2D eigenvalue weighted by atomic mass is 10.1. The van der Waals surface area contributed by atoms with Gasteiger partial charge in [-0.3, -0.25) is 0 Å². The first-order chi connectivity index (χ1) is 10.7. The molecule has 5 heteroatoms. The normalized spacial score (nSPS) is 10.7. The van der Waals surface area contributed by atoms with Crippen LogP contribution in [0, 0.1) is 0 Å². The van der Waals surface area contributed by atoms with Crippen molar-refractivity contribution < 1.29 is 4.74 Å². The van der Waals surface area contributed by atoms with E-state index in [9.17, 15) is 0 Å². The van der Waals surface area contributed by atoms with Crippen molar-refractivity contribution >= 4 is 23.2 Å². The summed E-state index contributed by atoms with van der Waals surface area (Å²) in [6, 6.07) is 15.3. The molecule has 3 nitrogen and oxygen atoms in total. The number of aromatic nitrogens is 2. The van der Waals surface area contributed by atoms with Crippen LogP contribution >= 0.6 is 23.2 Å². The highest BCUT2D eigenvalue weighted by Crippen LogP contribution is 2.29. The zero-order chi connectivity index (χ0) is 15.5. The Labute approximate surface area is 139 Å². The number of nitrogens with zero attached hydrogens (tertiary/aromatic N) is 2. The lowest BCUT2D eigenvalue weighted by molar-refractivity contribution is 0.340. The molecule has 0 aliphatic heterocycles. The van der Waals surface area contributed by atoms with Gasteiger partial charge in [0.25, 0.3) is 0 Å². The van der Waals surface area contributed by atoms with Gasteiger partial charge in [-0.05, 0) is 49.4 Å². The first-order valence-electron chi connectivity index (χ1n) is 6.91. The highest BCUT2D eigenvalue weighted by atomic mass is 35.5. The van der Waals surface area contributed by atoms with Crippen LogP contribution < -0.4 is 4.74 Å². The van der Waals surface area contributed by atoms with E-state index in [1.54, 1.807) is 12.3 Å². The Kier molecular flexibility index (Phi) is 4.36. The maximum atomic E-state index is 6.11. The number of halogens is 2. The predicted molar refractivity (Wildman–Crippen MR) is 90.2 cm³/mol. The van der Waals surface area contributed by atoms with Gasteiger partial charge in [0.2, 0.25) is 0 Å². The summed E-state index contributed by atoms with van der Waals surface area (Å²) in [5, 5.41) is 5.46. The van der Waals surface area contributed by atoms with Crippen molar-refractivity contribution in [3.05, 3.63) is 64.8 Å². The number of hydrogen-bond acceptors (Lipinski definition) is 2. The second-order valence-electron chi connectivity index (χ2n) is 4.68. The number of benzene rings is 2. The third-order valence-corrected chi connectivity index (χ3v) is 3.99. The zero-order valence-corrected chi connectivity index (χ0v) is 13.5. The van der Waals surface area contributed by atoms with Crippen LogP contribution in [0.3, 0.4) is 0 Å². The minimum absolute atomic E-state index is 0.526. The van der Waals surface area contributed by atoms with Crippen molar-refractivity contribution in [1.29, 1.82) is 0 Å². The van der Waals surface area contributed by atoms with E-state index < -0.39 is 0 Å². The van der Waals surface area contributed by atoms with Crippen LogP contribution in [0.2, 0.25) is 10.0 Å². The Bertz CT molecular complexity index is 782. The molecule has 0 N–H and O–H groups in total. The van der Waals surface area contributed by atoms with Crippen LogP contribution in [-0.4, -0.2) is 16.4 Å². The number of ether oxygens (including phenoxy) is 1. The lowest BCUT2D eigenvalue weighted by Crippen LogP contribution is -1.99. The van der Waals surface area contributed by atoms with Crippen molar-refractivity contribution in [1.82, 2.24) is 9.78 Å². The van der Waals surface area contributed by atoms with E-state index in [2.05, 4.69) is 5.10 Å². The molecule has 0 saturated heterocycles. The molecule has 0 amide bonds. The molecular formula is C17H14Cl2N2O. The number of hydrogen-bond donors (Lipinski definition) is 0. The molecule has 3 rings (SSSR count). The Morgan fingerprint density at radius 3 is 2.45 bits per heavy atom. The van der Waals surface area contributed by atoms with Crippen LogP contribution in [0.25, 0.3) is 16.9 Å². The fraction of sp³-hybridized carbons (Fsp3) is 0.118. The fourth-order valence-corrected chi connectivity index (χ4v) is 2.53. The van der Waals surface area contributed by atoms with E-state index in [4.69, 9.17) is 27.9 Å². The van der Waals surface area contributed by atoms with E-state index in [1.165, 1.54) is 0 Å². The molecule has 0 saturated carbocycles. The smallest absolute Gasteiger partial charge is 0.119 e. The van der Waals surface area contributed by atoms with Gasteiger partial charge in [-0.1, -0.05) is 29.3 Å². The van der Waals surface area contributed by atoms with Crippen LogP contribution in [0.4, 0.5) is 0 Å². The molecule has 0 aliphatic carbocycles. The molecule has 0 spiro atoms. The predicted octanol–water partition coefficient (Wildman–Crippen LogP) is 5.24. The first kappa shape index (κ1) is 14.9. The molecule has 0 radical (unpaired) electrons. The third kappa shape index (κ3) is 2.96. The van der Waals surface area contributed by atoms with E-state index >= 15 is 0 Å². The van der Waals surface area contributed by atoms with E-state index in [1.807, 2.05) is 54.1 Å². The summed E-state index contributed by atoms with van der Waals surface area (Å²) in [4.78, 5) is 0. The Morgan fingerprint density at radius 2 is 1.77 bits per heavy atom. The van der Waals surface area contributed by atoms with Crippen molar-refractivity contribution in [3.8, 4) is 22.7 Å². The molecule has 0 bridgehead atoms. The second-order valence-corrected chi connectivity index (χ2v) is 5.50. The highest BCUT2D eigenvalue weighted by molar-refractivity contribution is 6.42. The van der Waals surface area contributed by atoms with Gasteiger partial charge in [-0.25, -0.2) is 4.68 Å². The molecule has 1 aromatic heterocycles. The molecular weight excluding hydrogens is 319 g/mol. The molecule has 2 aromatic carbocycles. The van der Waals surface area contributed by atoms with Gasteiger partial charge in [-0.2, -0.15) is 5.10 Å². The quantitative estimate of drug-likeness (QED) is 0.652. The van der Waals surface area contributed by atoms with Gasteiger partial charge in [0.1, 0.15) is 5.75 Å². The van der Waals surface area contributed by atoms with Crippen molar-refractivity contribution in [2.24, 2.45) is 0 Å². The lowest BCUT2D eigenvalue weighted by Gasteiger charge is -2.09. The minimum Gasteiger partial charge on any atom is -0.494 e. The van der Waals surface area contributed by atoms with Crippen LogP contribution in [-0.2, 0) is 0 Å². The summed E-state index contributed by atoms with van der Waals surface area (Å²) in [7, 11) is 0. The van der Waals surface area contributed by atoms with E-state index in [0.29, 0.717) is 16.7 Å². The maximum Gasteiger partial charge on any atom is 0.119 e. The average Bonchev–Trinajstić information content (AvgIpc) is 3.01. The summed E-state index contributed by atoms with van der Waals surface area (Å²) in [6.07, 6.45) is 1.76. The Balaban J connectivity index is 1.99. The van der Waals surface area contributed by atoms with Crippen LogP contribution in [0.5, 0.6) is 5.75 Å². The molecule has 0 atom stereocenters. The summed E-state index contributed by atoms with van der Waals surface area (Å²) in [6.45, 7) is 2.61. The monoisotopic (exact) mass is 332 g/mol. The Morgan fingerprint density at radius 1 is 1.00 bits per heavy atom. The average molecular weight is 333 g/mol. The zero-order valence-electron chi connectivity index (χ0n) is 12.0. The topological polar surface area (TPSA) is 27.1 Å². The molecule has 112 valence electrons. The molecule has 3 aromatic rings. The minimum atomic E-state index is 0.526. The fourth-order valence-electron chi connectivity index (χ4n) is 2.23. The summed E-state index contributed by atoms with van der Waals surface area (Å²) in [5.41, 5.74) is 2.86. The van der Waals surface area contributed by atoms with Gasteiger partial charge in [0.05, 0.1) is 34.2 Å². The Hall–Kier alpha value is -1.97. The largest absolute Gasteiger partial charge is 0.494 e.